The first-order valence-corrected chi connectivity index (χ1v) is 20.6. The number of unbranched alkanes of at least 4 members (excludes halogenated alkanes) is 33. The molecule has 0 heterocycles. The summed E-state index contributed by atoms with van der Waals surface area (Å²) >= 11 is 0. The summed E-state index contributed by atoms with van der Waals surface area (Å²) in [5, 5.41) is 0. The van der Waals surface area contributed by atoms with Crippen LogP contribution in [0.4, 0.5) is 0 Å². The van der Waals surface area contributed by atoms with Crippen LogP contribution in [0.1, 0.15) is 258 Å². The maximum atomic E-state index is 4.28. The van der Waals surface area contributed by atoms with Gasteiger partial charge in [0.15, 0.2) is 0 Å². The van der Waals surface area contributed by atoms with E-state index in [0.717, 1.165) is 12.3 Å². The molecule has 0 aliphatic heterocycles. The third-order valence-electron chi connectivity index (χ3n) is 10.1. The zero-order valence-corrected chi connectivity index (χ0v) is 30.2. The first-order chi connectivity index (χ1) is 20.8. The molecule has 0 aromatic heterocycles. The molecule has 0 heteroatoms. The fourth-order valence-corrected chi connectivity index (χ4v) is 6.93. The summed E-state index contributed by atoms with van der Waals surface area (Å²) in [6.45, 7) is 8.90. The van der Waals surface area contributed by atoms with E-state index in [4.69, 9.17) is 0 Å². The highest BCUT2D eigenvalue weighted by atomic mass is 14.1. The predicted octanol–water partition coefficient (Wildman–Crippen LogP) is 16.3. The van der Waals surface area contributed by atoms with Crippen LogP contribution >= 0.6 is 0 Å². The second kappa shape index (κ2) is 39.0. The molecule has 42 heavy (non-hydrogen) atoms. The van der Waals surface area contributed by atoms with Gasteiger partial charge < -0.3 is 0 Å². The monoisotopic (exact) mass is 590 g/mol. The molecule has 0 aliphatic rings. The van der Waals surface area contributed by atoms with Gasteiger partial charge in [0.2, 0.25) is 0 Å². The Hall–Kier alpha value is 0. The molecule has 0 saturated heterocycles. The lowest BCUT2D eigenvalue weighted by atomic mass is 9.92. The number of hydrogen-bond donors (Lipinski definition) is 0. The summed E-state index contributed by atoms with van der Waals surface area (Å²) < 4.78 is 0. The minimum absolute atomic E-state index is 0.905. The quantitative estimate of drug-likeness (QED) is 0.0628. The Kier molecular flexibility index (Phi) is 39.0. The van der Waals surface area contributed by atoms with Crippen LogP contribution in [0.3, 0.4) is 0 Å². The lowest BCUT2D eigenvalue weighted by Gasteiger charge is -2.14. The van der Waals surface area contributed by atoms with Crippen LogP contribution in [-0.2, 0) is 0 Å². The highest BCUT2D eigenvalue weighted by Gasteiger charge is 2.06. The summed E-state index contributed by atoms with van der Waals surface area (Å²) in [4.78, 5) is 0. The largest absolute Gasteiger partial charge is 0.0654 e. The van der Waals surface area contributed by atoms with E-state index < -0.39 is 0 Å². The van der Waals surface area contributed by atoms with E-state index in [1.54, 1.807) is 0 Å². The van der Waals surface area contributed by atoms with Crippen molar-refractivity contribution < 1.29 is 0 Å². The van der Waals surface area contributed by atoms with Crippen molar-refractivity contribution in [2.24, 2.45) is 5.92 Å². The molecule has 0 amide bonds. The van der Waals surface area contributed by atoms with Crippen molar-refractivity contribution in [2.45, 2.75) is 258 Å². The van der Waals surface area contributed by atoms with Crippen LogP contribution in [0.25, 0.3) is 0 Å². The van der Waals surface area contributed by atoms with Gasteiger partial charge in [-0.05, 0) is 5.92 Å². The smallest absolute Gasteiger partial charge is 0.0414 e. The lowest BCUT2D eigenvalue weighted by molar-refractivity contribution is 0.404. The average molecular weight is 590 g/mol. The van der Waals surface area contributed by atoms with E-state index in [1.165, 1.54) is 238 Å². The van der Waals surface area contributed by atoms with Gasteiger partial charge in [0.25, 0.3) is 0 Å². The fourth-order valence-electron chi connectivity index (χ4n) is 6.93. The Morgan fingerprint density at radius 1 is 0.262 bits per heavy atom. The van der Waals surface area contributed by atoms with Crippen LogP contribution in [0.2, 0.25) is 0 Å². The van der Waals surface area contributed by atoms with E-state index in [9.17, 15) is 0 Å². The first-order valence-electron chi connectivity index (χ1n) is 20.6. The van der Waals surface area contributed by atoms with E-state index in [-0.39, 0.29) is 0 Å². The van der Waals surface area contributed by atoms with E-state index in [1.807, 2.05) is 0 Å². The molecule has 0 rings (SSSR count). The van der Waals surface area contributed by atoms with Crippen molar-refractivity contribution in [3.8, 4) is 0 Å². The summed E-state index contributed by atoms with van der Waals surface area (Å²) in [5.74, 6) is 0.905. The van der Waals surface area contributed by atoms with Crippen molar-refractivity contribution in [2.75, 3.05) is 0 Å². The Bertz CT molecular complexity index is 439. The normalized spacial score (nSPS) is 12.4. The van der Waals surface area contributed by atoms with Gasteiger partial charge >= 0.3 is 0 Å². The van der Waals surface area contributed by atoms with Gasteiger partial charge in [0.05, 0.1) is 0 Å². The zero-order valence-electron chi connectivity index (χ0n) is 30.2. The minimum atomic E-state index is 0.905. The van der Waals surface area contributed by atoms with Gasteiger partial charge in [-0.25, -0.2) is 0 Å². The minimum Gasteiger partial charge on any atom is -0.0654 e. The molecular formula is C42H85. The van der Waals surface area contributed by atoms with Crippen LogP contribution in [0, 0.1) is 12.8 Å². The molecule has 0 N–H and O–H groups in total. The van der Waals surface area contributed by atoms with Gasteiger partial charge in [-0.15, -0.1) is 0 Å². The molecule has 0 bridgehead atoms. The Morgan fingerprint density at radius 2 is 0.429 bits per heavy atom. The predicted molar refractivity (Wildman–Crippen MR) is 196 cm³/mol. The van der Waals surface area contributed by atoms with Crippen molar-refractivity contribution in [1.29, 1.82) is 0 Å². The van der Waals surface area contributed by atoms with Crippen molar-refractivity contribution in [1.82, 2.24) is 0 Å². The molecule has 0 saturated carbocycles. The van der Waals surface area contributed by atoms with Crippen LogP contribution in [0.5, 0.6) is 0 Å². The van der Waals surface area contributed by atoms with Gasteiger partial charge in [-0.1, -0.05) is 265 Å². The van der Waals surface area contributed by atoms with Gasteiger partial charge in [0.1, 0.15) is 0 Å². The molecule has 1 radical (unpaired) electrons. The Balaban J connectivity index is 3.24. The van der Waals surface area contributed by atoms with Crippen molar-refractivity contribution in [3.63, 3.8) is 0 Å². The molecule has 0 aliphatic carbocycles. The summed E-state index contributed by atoms with van der Waals surface area (Å²) in [5.41, 5.74) is 0. The van der Waals surface area contributed by atoms with Crippen LogP contribution < -0.4 is 0 Å². The Labute approximate surface area is 270 Å². The molecule has 0 aromatic rings. The van der Waals surface area contributed by atoms with E-state index in [2.05, 4.69) is 20.8 Å². The van der Waals surface area contributed by atoms with E-state index in [0.29, 0.717) is 0 Å². The molecule has 253 valence electrons. The van der Waals surface area contributed by atoms with E-state index >= 15 is 0 Å². The summed E-state index contributed by atoms with van der Waals surface area (Å²) in [6, 6.07) is 0. The highest BCUT2D eigenvalue weighted by Crippen LogP contribution is 2.22. The fraction of sp³-hybridized carbons (Fsp3) is 0.976. The third kappa shape index (κ3) is 36.2. The van der Waals surface area contributed by atoms with Crippen LogP contribution in [-0.4, -0.2) is 0 Å². The Morgan fingerprint density at radius 3 is 0.595 bits per heavy atom. The first kappa shape index (κ1) is 42.0. The second-order valence-electron chi connectivity index (χ2n) is 14.4. The lowest BCUT2D eigenvalue weighted by Crippen LogP contribution is -1.99. The topological polar surface area (TPSA) is 0 Å². The van der Waals surface area contributed by atoms with Crippen molar-refractivity contribution >= 4 is 0 Å². The van der Waals surface area contributed by atoms with Gasteiger partial charge in [-0.2, -0.15) is 0 Å². The number of rotatable bonds is 38. The molecule has 1 unspecified atom stereocenters. The summed E-state index contributed by atoms with van der Waals surface area (Å²) in [7, 11) is 0. The standard InChI is InChI=1S/C42H85/c1-4-7-9-11-13-15-17-19-21-23-25-27-29-31-33-35-37-39-41-42(6-3)40-38-36-34-32-30-28-26-24-22-20-18-16-14-12-10-8-5-2/h42H,3-41H2,1-2H3. The molecule has 0 aromatic carbocycles. The maximum absolute atomic E-state index is 4.28. The molecule has 0 spiro atoms. The summed E-state index contributed by atoms with van der Waals surface area (Å²) in [6.07, 6.45) is 55.5. The van der Waals surface area contributed by atoms with Gasteiger partial charge in [0, 0.05) is 0 Å². The molecule has 1 atom stereocenters. The SMILES string of the molecule is [CH2]CC(CCCCCCCCCCCCCCCCCCC)CCCCCCCCCCCCCCCCCCCC. The second-order valence-corrected chi connectivity index (χ2v) is 14.4. The molecular weight excluding hydrogens is 504 g/mol. The molecule has 0 fully saturated rings. The van der Waals surface area contributed by atoms with Crippen LogP contribution in [0.15, 0.2) is 0 Å². The number of hydrogen-bond acceptors (Lipinski definition) is 0. The van der Waals surface area contributed by atoms with Gasteiger partial charge in [-0.3, -0.25) is 0 Å². The van der Waals surface area contributed by atoms with Crippen molar-refractivity contribution in [3.05, 3.63) is 6.92 Å². The highest BCUT2D eigenvalue weighted by molar-refractivity contribution is 4.62. The average Bonchev–Trinajstić information content (AvgIpc) is 3.00. The molecule has 0 nitrogen and oxygen atoms in total. The third-order valence-corrected chi connectivity index (χ3v) is 10.1. The maximum Gasteiger partial charge on any atom is -0.0414 e. The zero-order chi connectivity index (χ0) is 30.4.